The van der Waals surface area contributed by atoms with Gasteiger partial charge >= 0.3 is 6.09 Å². The molecule has 0 spiro atoms. The lowest BCUT2D eigenvalue weighted by atomic mass is 10.2. The van der Waals surface area contributed by atoms with Gasteiger partial charge in [-0.2, -0.15) is 0 Å². The van der Waals surface area contributed by atoms with Gasteiger partial charge < -0.3 is 14.7 Å². The molecule has 1 aromatic heterocycles. The van der Waals surface area contributed by atoms with Crippen molar-refractivity contribution < 1.29 is 14.6 Å². The van der Waals surface area contributed by atoms with E-state index >= 15 is 0 Å². The fourth-order valence-corrected chi connectivity index (χ4v) is 2.41. The molecule has 0 aromatic carbocycles. The maximum Gasteiger partial charge on any atom is 0.409 e. The molecule has 1 heterocycles. The zero-order chi connectivity index (χ0) is 14.4. The highest BCUT2D eigenvalue weighted by atomic mass is 35.5. The Labute approximate surface area is 122 Å². The predicted molar refractivity (Wildman–Crippen MR) is 75.5 cm³/mol. The summed E-state index contributed by atoms with van der Waals surface area (Å²) in [7, 11) is 1.64. The van der Waals surface area contributed by atoms with Gasteiger partial charge in [-0.25, -0.2) is 9.78 Å². The van der Waals surface area contributed by atoms with Crippen LogP contribution in [0, 0.1) is 5.92 Å². The van der Waals surface area contributed by atoms with Crippen LogP contribution in [0.15, 0.2) is 5.51 Å². The standard InChI is InChI=1S/C12H19ClN2O3S/c1-8(2)6-18-12(17)15(3)5-4-9(16)10-11(13)14-7-19-10/h7-9,16H,4-6H2,1-3H3. The summed E-state index contributed by atoms with van der Waals surface area (Å²) < 4.78 is 5.08. The van der Waals surface area contributed by atoms with Crippen LogP contribution in [0.1, 0.15) is 31.2 Å². The number of carbonyl (C=O) groups excluding carboxylic acids is 1. The van der Waals surface area contributed by atoms with Gasteiger partial charge in [0.1, 0.15) is 5.15 Å². The van der Waals surface area contributed by atoms with Gasteiger partial charge in [0.05, 0.1) is 23.1 Å². The molecule has 0 radical (unpaired) electrons. The second kappa shape index (κ2) is 7.67. The molecule has 1 aromatic rings. The van der Waals surface area contributed by atoms with Crippen LogP contribution in [0.4, 0.5) is 4.79 Å². The average Bonchev–Trinajstić information content (AvgIpc) is 2.78. The molecule has 108 valence electrons. The van der Waals surface area contributed by atoms with Crippen LogP contribution in [-0.4, -0.2) is 41.3 Å². The summed E-state index contributed by atoms with van der Waals surface area (Å²) in [4.78, 5) is 17.5. The first-order valence-electron chi connectivity index (χ1n) is 6.06. The molecule has 0 saturated carbocycles. The summed E-state index contributed by atoms with van der Waals surface area (Å²) in [6, 6.07) is 0. The number of amides is 1. The summed E-state index contributed by atoms with van der Waals surface area (Å²) in [6.45, 7) is 4.74. The van der Waals surface area contributed by atoms with E-state index in [-0.39, 0.29) is 6.09 Å². The van der Waals surface area contributed by atoms with Crippen LogP contribution in [0.2, 0.25) is 5.15 Å². The Morgan fingerprint density at radius 1 is 1.63 bits per heavy atom. The van der Waals surface area contributed by atoms with Crippen molar-refractivity contribution in [2.45, 2.75) is 26.4 Å². The molecule has 1 N–H and O–H groups in total. The van der Waals surface area contributed by atoms with Crippen LogP contribution in [-0.2, 0) is 4.74 Å². The summed E-state index contributed by atoms with van der Waals surface area (Å²) in [6.07, 6.45) is -0.688. The smallest absolute Gasteiger partial charge is 0.409 e. The lowest BCUT2D eigenvalue weighted by Gasteiger charge is -2.19. The lowest BCUT2D eigenvalue weighted by molar-refractivity contribution is 0.0918. The van der Waals surface area contributed by atoms with E-state index in [4.69, 9.17) is 16.3 Å². The molecule has 5 nitrogen and oxygen atoms in total. The Bertz CT molecular complexity index is 411. The molecule has 0 aliphatic heterocycles. The number of hydrogen-bond acceptors (Lipinski definition) is 5. The number of aromatic nitrogens is 1. The fourth-order valence-electron chi connectivity index (χ4n) is 1.34. The zero-order valence-corrected chi connectivity index (χ0v) is 12.9. The Morgan fingerprint density at radius 2 is 2.32 bits per heavy atom. The van der Waals surface area contributed by atoms with E-state index in [1.54, 1.807) is 12.6 Å². The first-order chi connectivity index (χ1) is 8.91. The minimum absolute atomic E-state index is 0.305. The SMILES string of the molecule is CC(C)COC(=O)N(C)CCC(O)c1scnc1Cl. The minimum atomic E-state index is -0.708. The van der Waals surface area contributed by atoms with Crippen LogP contribution in [0.3, 0.4) is 0 Å². The summed E-state index contributed by atoms with van der Waals surface area (Å²) in [5.41, 5.74) is 1.58. The number of aliphatic hydroxyl groups excluding tert-OH is 1. The van der Waals surface area contributed by atoms with E-state index in [1.807, 2.05) is 13.8 Å². The molecule has 1 rings (SSSR count). The number of ether oxygens (including phenoxy) is 1. The fraction of sp³-hybridized carbons (Fsp3) is 0.667. The molecule has 0 aliphatic rings. The first kappa shape index (κ1) is 16.2. The van der Waals surface area contributed by atoms with E-state index in [1.165, 1.54) is 16.2 Å². The van der Waals surface area contributed by atoms with Gasteiger partial charge in [-0.15, -0.1) is 11.3 Å². The van der Waals surface area contributed by atoms with Crippen molar-refractivity contribution in [2.75, 3.05) is 20.2 Å². The van der Waals surface area contributed by atoms with E-state index in [2.05, 4.69) is 4.98 Å². The monoisotopic (exact) mass is 306 g/mol. The van der Waals surface area contributed by atoms with Crippen molar-refractivity contribution in [2.24, 2.45) is 5.92 Å². The zero-order valence-electron chi connectivity index (χ0n) is 11.3. The number of aliphatic hydroxyl groups is 1. The highest BCUT2D eigenvalue weighted by Gasteiger charge is 2.17. The normalized spacial score (nSPS) is 12.5. The van der Waals surface area contributed by atoms with Crippen molar-refractivity contribution in [1.29, 1.82) is 0 Å². The number of hydrogen-bond donors (Lipinski definition) is 1. The van der Waals surface area contributed by atoms with E-state index in [0.717, 1.165) is 0 Å². The van der Waals surface area contributed by atoms with Crippen LogP contribution in [0.5, 0.6) is 0 Å². The molecule has 0 bridgehead atoms. The van der Waals surface area contributed by atoms with Crippen LogP contribution in [0.25, 0.3) is 0 Å². The number of rotatable bonds is 6. The molecule has 19 heavy (non-hydrogen) atoms. The van der Waals surface area contributed by atoms with Gasteiger partial charge in [0.15, 0.2) is 0 Å². The Hall–Kier alpha value is -0.850. The number of halogens is 1. The van der Waals surface area contributed by atoms with Gasteiger partial charge in [-0.1, -0.05) is 25.4 Å². The molecule has 1 unspecified atom stereocenters. The largest absolute Gasteiger partial charge is 0.449 e. The van der Waals surface area contributed by atoms with E-state index in [9.17, 15) is 9.90 Å². The maximum absolute atomic E-state index is 11.6. The highest BCUT2D eigenvalue weighted by Crippen LogP contribution is 2.28. The molecular weight excluding hydrogens is 288 g/mol. The Balaban J connectivity index is 2.35. The van der Waals surface area contributed by atoms with Crippen molar-refractivity contribution in [1.82, 2.24) is 9.88 Å². The summed E-state index contributed by atoms with van der Waals surface area (Å²) >= 11 is 7.14. The average molecular weight is 307 g/mol. The number of carbonyl (C=O) groups is 1. The van der Waals surface area contributed by atoms with Crippen molar-refractivity contribution in [3.8, 4) is 0 Å². The number of thiazole rings is 1. The second-order valence-electron chi connectivity index (χ2n) is 4.70. The molecule has 0 aliphatic carbocycles. The quantitative estimate of drug-likeness (QED) is 0.877. The highest BCUT2D eigenvalue weighted by molar-refractivity contribution is 7.10. The molecule has 1 amide bonds. The second-order valence-corrected chi connectivity index (χ2v) is 5.95. The summed E-state index contributed by atoms with van der Waals surface area (Å²) in [5.74, 6) is 0.305. The predicted octanol–water partition coefficient (Wildman–Crippen LogP) is 2.94. The third-order valence-corrected chi connectivity index (χ3v) is 3.78. The van der Waals surface area contributed by atoms with Gasteiger partial charge in [0.25, 0.3) is 0 Å². The topological polar surface area (TPSA) is 62.7 Å². The lowest BCUT2D eigenvalue weighted by Crippen LogP contribution is -2.30. The van der Waals surface area contributed by atoms with Gasteiger partial charge in [0.2, 0.25) is 0 Å². The molecular formula is C12H19ClN2O3S. The maximum atomic E-state index is 11.6. The molecule has 0 saturated heterocycles. The Kier molecular flexibility index (Phi) is 6.54. The van der Waals surface area contributed by atoms with Gasteiger partial charge in [0, 0.05) is 13.6 Å². The summed E-state index contributed by atoms with van der Waals surface area (Å²) in [5, 5.41) is 10.3. The van der Waals surface area contributed by atoms with E-state index < -0.39 is 6.10 Å². The van der Waals surface area contributed by atoms with Crippen LogP contribution >= 0.6 is 22.9 Å². The van der Waals surface area contributed by atoms with Crippen LogP contribution < -0.4 is 0 Å². The van der Waals surface area contributed by atoms with Gasteiger partial charge in [-0.3, -0.25) is 0 Å². The molecule has 7 heteroatoms. The number of nitrogens with zero attached hydrogens (tertiary/aromatic N) is 2. The van der Waals surface area contributed by atoms with Crippen molar-refractivity contribution >= 4 is 29.0 Å². The van der Waals surface area contributed by atoms with Gasteiger partial charge in [-0.05, 0) is 12.3 Å². The molecule has 1 atom stereocenters. The Morgan fingerprint density at radius 3 is 2.84 bits per heavy atom. The van der Waals surface area contributed by atoms with E-state index in [0.29, 0.717) is 35.5 Å². The molecule has 0 fully saturated rings. The third-order valence-electron chi connectivity index (χ3n) is 2.44. The van der Waals surface area contributed by atoms with Crippen molar-refractivity contribution in [3.63, 3.8) is 0 Å². The van der Waals surface area contributed by atoms with Crippen molar-refractivity contribution in [3.05, 3.63) is 15.5 Å². The third kappa shape index (κ3) is 5.34. The first-order valence-corrected chi connectivity index (χ1v) is 7.32. The minimum Gasteiger partial charge on any atom is -0.449 e.